The molecule has 0 unspecified atom stereocenters. The second-order valence-electron chi connectivity index (χ2n) is 7.77. The van der Waals surface area contributed by atoms with Gasteiger partial charge in [0.1, 0.15) is 5.82 Å². The third-order valence-corrected chi connectivity index (χ3v) is 5.51. The van der Waals surface area contributed by atoms with Gasteiger partial charge in [-0.2, -0.15) is 0 Å². The van der Waals surface area contributed by atoms with Crippen molar-refractivity contribution < 1.29 is 18.7 Å². The van der Waals surface area contributed by atoms with Crippen molar-refractivity contribution in [1.29, 1.82) is 0 Å². The number of para-hydroxylation sites is 2. The molecule has 8 heteroatoms. The summed E-state index contributed by atoms with van der Waals surface area (Å²) < 4.78 is 24.8. The van der Waals surface area contributed by atoms with E-state index in [1.165, 1.54) is 25.3 Å². The van der Waals surface area contributed by atoms with Gasteiger partial charge >= 0.3 is 0 Å². The summed E-state index contributed by atoms with van der Waals surface area (Å²) in [5.41, 5.74) is 4.77. The van der Waals surface area contributed by atoms with Gasteiger partial charge in [-0.3, -0.25) is 9.79 Å². The lowest BCUT2D eigenvalue weighted by molar-refractivity contribution is 0.101. The number of aromatic nitrogens is 2. The maximum atomic E-state index is 13.6. The van der Waals surface area contributed by atoms with Crippen LogP contribution >= 0.6 is 0 Å². The van der Waals surface area contributed by atoms with Crippen LogP contribution in [0.3, 0.4) is 0 Å². The number of hydrogen-bond donors (Lipinski definition) is 1. The van der Waals surface area contributed by atoms with Gasteiger partial charge in [0.2, 0.25) is 0 Å². The Morgan fingerprint density at radius 2 is 1.82 bits per heavy atom. The number of nitrogens with one attached hydrogen (secondary N) is 1. The third-order valence-electron chi connectivity index (χ3n) is 5.51. The van der Waals surface area contributed by atoms with Crippen LogP contribution in [-0.4, -0.2) is 28.7 Å². The fraction of sp³-hybridized carbons (Fsp3) is 0.154. The number of amides is 1. The SMILES string of the molecule is CCC1=Nc2cc(NC(=O)c3nc4ccccc4nc3Oc3ccc(F)cc3OC)ccc2C1. The van der Waals surface area contributed by atoms with Crippen molar-refractivity contribution in [1.82, 2.24) is 9.97 Å². The van der Waals surface area contributed by atoms with E-state index >= 15 is 0 Å². The van der Waals surface area contributed by atoms with Crippen LogP contribution in [0.15, 0.2) is 65.7 Å². The normalized spacial score (nSPS) is 12.3. The number of fused-ring (bicyclic) bond motifs is 2. The van der Waals surface area contributed by atoms with E-state index in [1.807, 2.05) is 30.3 Å². The summed E-state index contributed by atoms with van der Waals surface area (Å²) >= 11 is 0. The predicted octanol–water partition coefficient (Wildman–Crippen LogP) is 5.86. The number of rotatable bonds is 6. The summed E-state index contributed by atoms with van der Waals surface area (Å²) in [6.45, 7) is 2.07. The van der Waals surface area contributed by atoms with Crippen molar-refractivity contribution in [2.45, 2.75) is 19.8 Å². The second kappa shape index (κ2) is 8.90. The summed E-state index contributed by atoms with van der Waals surface area (Å²) in [6.07, 6.45) is 1.71. The highest BCUT2D eigenvalue weighted by atomic mass is 19.1. The molecule has 5 rings (SSSR count). The number of anilines is 1. The number of methoxy groups -OCH3 is 1. The molecule has 0 radical (unpaired) electrons. The number of nitrogens with zero attached hydrogens (tertiary/aromatic N) is 3. The molecule has 0 saturated carbocycles. The lowest BCUT2D eigenvalue weighted by Gasteiger charge is -2.13. The summed E-state index contributed by atoms with van der Waals surface area (Å²) in [5.74, 6) is -0.608. The Morgan fingerprint density at radius 3 is 2.59 bits per heavy atom. The van der Waals surface area contributed by atoms with Crippen molar-refractivity contribution in [2.24, 2.45) is 4.99 Å². The molecule has 2 heterocycles. The third kappa shape index (κ3) is 4.17. The molecule has 0 spiro atoms. The van der Waals surface area contributed by atoms with Crippen LogP contribution in [-0.2, 0) is 6.42 Å². The van der Waals surface area contributed by atoms with E-state index in [-0.39, 0.29) is 23.1 Å². The average Bonchev–Trinajstić information content (AvgIpc) is 3.27. The molecule has 0 atom stereocenters. The molecule has 0 bridgehead atoms. The molecule has 1 aromatic heterocycles. The molecule has 0 aliphatic carbocycles. The first-order valence-electron chi connectivity index (χ1n) is 10.8. The first kappa shape index (κ1) is 21.5. The number of hydrogen-bond acceptors (Lipinski definition) is 6. The van der Waals surface area contributed by atoms with E-state index in [0.29, 0.717) is 16.7 Å². The Hall–Kier alpha value is -4.33. The number of halogens is 1. The van der Waals surface area contributed by atoms with Gasteiger partial charge in [-0.15, -0.1) is 0 Å². The Kier molecular flexibility index (Phi) is 5.63. The molecule has 3 aromatic carbocycles. The first-order valence-corrected chi connectivity index (χ1v) is 10.8. The van der Waals surface area contributed by atoms with E-state index in [0.717, 1.165) is 29.8 Å². The lowest BCUT2D eigenvalue weighted by atomic mass is 10.1. The topological polar surface area (TPSA) is 85.7 Å². The zero-order valence-electron chi connectivity index (χ0n) is 18.6. The minimum Gasteiger partial charge on any atom is -0.493 e. The Morgan fingerprint density at radius 1 is 1.03 bits per heavy atom. The van der Waals surface area contributed by atoms with E-state index in [4.69, 9.17) is 9.47 Å². The monoisotopic (exact) mass is 456 g/mol. The maximum absolute atomic E-state index is 13.6. The van der Waals surface area contributed by atoms with Crippen LogP contribution < -0.4 is 14.8 Å². The highest BCUT2D eigenvalue weighted by molar-refractivity contribution is 6.06. The zero-order chi connectivity index (χ0) is 23.7. The van der Waals surface area contributed by atoms with Crippen LogP contribution in [0.4, 0.5) is 15.8 Å². The van der Waals surface area contributed by atoms with Gasteiger partial charge in [0, 0.05) is 23.9 Å². The lowest BCUT2D eigenvalue weighted by Crippen LogP contribution is -2.16. The fourth-order valence-electron chi connectivity index (χ4n) is 3.75. The molecule has 7 nitrogen and oxygen atoms in total. The van der Waals surface area contributed by atoms with Gasteiger partial charge in [-0.25, -0.2) is 14.4 Å². The Balaban J connectivity index is 1.51. The van der Waals surface area contributed by atoms with Crippen LogP contribution in [0.1, 0.15) is 29.4 Å². The first-order chi connectivity index (χ1) is 16.5. The molecule has 34 heavy (non-hydrogen) atoms. The van der Waals surface area contributed by atoms with Gasteiger partial charge in [0.05, 0.1) is 23.8 Å². The molecule has 1 amide bonds. The van der Waals surface area contributed by atoms with E-state index in [1.54, 1.807) is 12.1 Å². The van der Waals surface area contributed by atoms with Gasteiger partial charge in [0.15, 0.2) is 17.2 Å². The largest absolute Gasteiger partial charge is 0.493 e. The van der Waals surface area contributed by atoms with Crippen molar-refractivity contribution in [2.75, 3.05) is 12.4 Å². The van der Waals surface area contributed by atoms with E-state index in [2.05, 4.69) is 27.2 Å². The zero-order valence-corrected chi connectivity index (χ0v) is 18.6. The number of benzene rings is 3. The fourth-order valence-corrected chi connectivity index (χ4v) is 3.75. The van der Waals surface area contributed by atoms with Gasteiger partial charge < -0.3 is 14.8 Å². The van der Waals surface area contributed by atoms with E-state index < -0.39 is 11.7 Å². The van der Waals surface area contributed by atoms with E-state index in [9.17, 15) is 9.18 Å². The predicted molar refractivity (Wildman–Crippen MR) is 128 cm³/mol. The van der Waals surface area contributed by atoms with Gasteiger partial charge in [0.25, 0.3) is 11.8 Å². The highest BCUT2D eigenvalue weighted by Crippen LogP contribution is 2.34. The summed E-state index contributed by atoms with van der Waals surface area (Å²) in [5, 5.41) is 2.87. The van der Waals surface area contributed by atoms with Gasteiger partial charge in [-0.1, -0.05) is 25.1 Å². The molecular weight excluding hydrogens is 435 g/mol. The number of carbonyl (C=O) groups is 1. The van der Waals surface area contributed by atoms with Crippen LogP contribution in [0.5, 0.6) is 17.4 Å². The molecular formula is C26H21FN4O3. The van der Waals surface area contributed by atoms with Crippen molar-refractivity contribution in [3.63, 3.8) is 0 Å². The van der Waals surface area contributed by atoms with Crippen molar-refractivity contribution in [3.8, 4) is 17.4 Å². The molecule has 4 aromatic rings. The second-order valence-corrected chi connectivity index (χ2v) is 7.77. The number of carbonyl (C=O) groups excluding carboxylic acids is 1. The molecule has 1 N–H and O–H groups in total. The summed E-state index contributed by atoms with van der Waals surface area (Å²) in [4.78, 5) is 26.9. The molecule has 170 valence electrons. The highest BCUT2D eigenvalue weighted by Gasteiger charge is 2.21. The maximum Gasteiger partial charge on any atom is 0.279 e. The summed E-state index contributed by atoms with van der Waals surface area (Å²) in [7, 11) is 1.40. The molecule has 1 aliphatic heterocycles. The standard InChI is InChI=1S/C26H21FN4O3/c1-3-17-12-15-8-10-18(14-21(15)28-17)29-25(32)24-26(31-20-7-5-4-6-19(20)30-24)34-22-11-9-16(27)13-23(22)33-2/h4-11,13-14H,3,12H2,1-2H3,(H,29,32). The smallest absolute Gasteiger partial charge is 0.279 e. The molecule has 1 aliphatic rings. The quantitative estimate of drug-likeness (QED) is 0.393. The molecule has 0 saturated heterocycles. The number of ether oxygens (including phenoxy) is 2. The minimum atomic E-state index is -0.494. The summed E-state index contributed by atoms with van der Waals surface area (Å²) in [6, 6.07) is 16.6. The Labute approximate surface area is 195 Å². The number of aliphatic imine (C=N–C) groups is 1. The average molecular weight is 456 g/mol. The van der Waals surface area contributed by atoms with Crippen LogP contribution in [0.2, 0.25) is 0 Å². The molecule has 0 fully saturated rings. The Bertz CT molecular complexity index is 1450. The van der Waals surface area contributed by atoms with Gasteiger partial charge in [-0.05, 0) is 48.4 Å². The van der Waals surface area contributed by atoms with Crippen LogP contribution in [0, 0.1) is 5.82 Å². The van der Waals surface area contributed by atoms with Crippen molar-refractivity contribution in [3.05, 3.63) is 77.7 Å². The van der Waals surface area contributed by atoms with Crippen LogP contribution in [0.25, 0.3) is 11.0 Å². The van der Waals surface area contributed by atoms with Crippen molar-refractivity contribution >= 4 is 34.0 Å². The minimum absolute atomic E-state index is 0.0108.